The molecule has 168 valence electrons. The molecule has 0 fully saturated rings. The van der Waals surface area contributed by atoms with Crippen LogP contribution >= 0.6 is 11.6 Å². The van der Waals surface area contributed by atoms with Gasteiger partial charge in [-0.2, -0.15) is 0 Å². The minimum Gasteiger partial charge on any atom is -0.336 e. The van der Waals surface area contributed by atoms with Gasteiger partial charge in [0.25, 0.3) is 0 Å². The minimum absolute atomic E-state index is 0.0188. The van der Waals surface area contributed by atoms with Crippen molar-refractivity contribution >= 4 is 43.9 Å². The Morgan fingerprint density at radius 3 is 2.36 bits per heavy atom. The molecule has 8 heteroatoms. The number of hydrogen-bond acceptors (Lipinski definition) is 4. The van der Waals surface area contributed by atoms with Crippen molar-refractivity contribution in [2.45, 2.75) is 29.7 Å². The molecule has 4 rings (SSSR count). The number of aryl methyl sites for hydroxylation is 1. The normalized spacial score (nSPS) is 11.5. The van der Waals surface area contributed by atoms with Crippen LogP contribution in [-0.2, 0) is 27.6 Å². The van der Waals surface area contributed by atoms with Gasteiger partial charge in [0.2, 0.25) is 21.2 Å². The molecule has 0 aliphatic rings. The predicted molar refractivity (Wildman–Crippen MR) is 130 cm³/mol. The number of carbonyl (C=O) groups excluding carboxylic acids is 1. The molecule has 0 saturated heterocycles. The van der Waals surface area contributed by atoms with Crippen molar-refractivity contribution in [3.8, 4) is 0 Å². The van der Waals surface area contributed by atoms with Crippen LogP contribution in [0.5, 0.6) is 0 Å². The van der Waals surface area contributed by atoms with Gasteiger partial charge in [0.05, 0.1) is 10.4 Å². The number of pyridine rings is 1. The van der Waals surface area contributed by atoms with Crippen LogP contribution in [-0.4, -0.2) is 18.9 Å². The van der Waals surface area contributed by atoms with Gasteiger partial charge in [-0.05, 0) is 60.5 Å². The third-order valence-corrected chi connectivity index (χ3v) is 7.32. The molecule has 1 heterocycles. The van der Waals surface area contributed by atoms with Crippen molar-refractivity contribution < 1.29 is 13.2 Å². The Morgan fingerprint density at radius 2 is 1.70 bits per heavy atom. The summed E-state index contributed by atoms with van der Waals surface area (Å²) in [6, 6.07) is 19.7. The number of carbonyl (C=O) groups is 1. The van der Waals surface area contributed by atoms with E-state index in [1.165, 1.54) is 22.9 Å². The Kier molecular flexibility index (Phi) is 6.35. The summed E-state index contributed by atoms with van der Waals surface area (Å²) >= 11 is 5.89. The molecule has 1 N–H and O–H groups in total. The maximum atomic E-state index is 13.3. The van der Waals surface area contributed by atoms with Crippen LogP contribution in [0, 0.1) is 0 Å². The third kappa shape index (κ3) is 4.69. The fourth-order valence-corrected chi connectivity index (χ4v) is 5.09. The van der Waals surface area contributed by atoms with Gasteiger partial charge < -0.3 is 9.88 Å². The van der Waals surface area contributed by atoms with E-state index in [2.05, 4.69) is 5.32 Å². The first-order valence-corrected chi connectivity index (χ1v) is 12.2. The summed E-state index contributed by atoms with van der Waals surface area (Å²) in [4.78, 5) is 25.7. The van der Waals surface area contributed by atoms with Crippen LogP contribution in [0.25, 0.3) is 10.9 Å². The van der Waals surface area contributed by atoms with Gasteiger partial charge in [0.15, 0.2) is 0 Å². The molecule has 6 nitrogen and oxygen atoms in total. The second-order valence-electron chi connectivity index (χ2n) is 7.53. The number of rotatable bonds is 6. The van der Waals surface area contributed by atoms with Crippen molar-refractivity contribution in [1.29, 1.82) is 0 Å². The number of nitrogens with zero attached hydrogens (tertiary/aromatic N) is 1. The number of nitrogens with one attached hydrogen (secondary N) is 1. The van der Waals surface area contributed by atoms with E-state index in [0.29, 0.717) is 22.6 Å². The lowest BCUT2D eigenvalue weighted by molar-refractivity contribution is -0.116. The highest BCUT2D eigenvalue weighted by atomic mass is 35.5. The first kappa shape index (κ1) is 22.8. The first-order valence-electron chi connectivity index (χ1n) is 10.3. The SMILES string of the molecule is CCc1ccc2c(c1)c(=O)c(S(=O)(=O)c1ccccc1)cn2CC(=O)Nc1ccc(Cl)cc1. The Hall–Kier alpha value is -3.42. The lowest BCUT2D eigenvalue weighted by atomic mass is 10.1. The summed E-state index contributed by atoms with van der Waals surface area (Å²) in [5, 5.41) is 3.56. The van der Waals surface area contributed by atoms with Crippen LogP contribution in [0.1, 0.15) is 12.5 Å². The molecule has 0 aliphatic heterocycles. The number of hydrogen-bond donors (Lipinski definition) is 1. The van der Waals surface area contributed by atoms with Crippen LogP contribution in [0.2, 0.25) is 5.02 Å². The Bertz CT molecular complexity index is 1500. The fourth-order valence-electron chi connectivity index (χ4n) is 3.58. The molecule has 1 aromatic heterocycles. The molecule has 0 saturated carbocycles. The van der Waals surface area contributed by atoms with E-state index in [-0.39, 0.29) is 27.6 Å². The zero-order valence-corrected chi connectivity index (χ0v) is 19.4. The number of amides is 1. The molecule has 33 heavy (non-hydrogen) atoms. The summed E-state index contributed by atoms with van der Waals surface area (Å²) in [6.07, 6.45) is 1.93. The second-order valence-corrected chi connectivity index (χ2v) is 9.88. The molecule has 1 amide bonds. The molecule has 0 spiro atoms. The minimum atomic E-state index is -4.08. The van der Waals surface area contributed by atoms with E-state index in [0.717, 1.165) is 5.56 Å². The van der Waals surface area contributed by atoms with Gasteiger partial charge in [-0.1, -0.05) is 42.8 Å². The van der Waals surface area contributed by atoms with Crippen molar-refractivity contribution in [2.24, 2.45) is 0 Å². The number of fused-ring (bicyclic) bond motifs is 1. The number of aromatic nitrogens is 1. The summed E-state index contributed by atoms with van der Waals surface area (Å²) in [6.45, 7) is 1.77. The van der Waals surface area contributed by atoms with E-state index in [9.17, 15) is 18.0 Å². The predicted octanol–water partition coefficient (Wildman–Crippen LogP) is 4.69. The molecule has 0 radical (unpaired) electrons. The highest BCUT2D eigenvalue weighted by molar-refractivity contribution is 7.91. The largest absolute Gasteiger partial charge is 0.336 e. The average molecular weight is 481 g/mol. The van der Waals surface area contributed by atoms with E-state index >= 15 is 0 Å². The van der Waals surface area contributed by atoms with Gasteiger partial charge in [-0.15, -0.1) is 0 Å². The average Bonchev–Trinajstić information content (AvgIpc) is 2.82. The summed E-state index contributed by atoms with van der Waals surface area (Å²) in [5.74, 6) is -0.370. The molecule has 0 atom stereocenters. The van der Waals surface area contributed by atoms with E-state index in [4.69, 9.17) is 11.6 Å². The first-order chi connectivity index (χ1) is 15.8. The van der Waals surface area contributed by atoms with Crippen molar-refractivity contribution in [3.63, 3.8) is 0 Å². The van der Waals surface area contributed by atoms with Gasteiger partial charge in [0, 0.05) is 22.3 Å². The van der Waals surface area contributed by atoms with Crippen molar-refractivity contribution in [3.05, 3.63) is 99.8 Å². The van der Waals surface area contributed by atoms with Gasteiger partial charge in [-0.25, -0.2) is 8.42 Å². The van der Waals surface area contributed by atoms with E-state index in [1.807, 2.05) is 13.0 Å². The van der Waals surface area contributed by atoms with Gasteiger partial charge in [0.1, 0.15) is 11.4 Å². The van der Waals surface area contributed by atoms with Gasteiger partial charge in [-0.3, -0.25) is 9.59 Å². The number of anilines is 1. The molecule has 3 aromatic carbocycles. The molecule has 0 unspecified atom stereocenters. The Morgan fingerprint density at radius 1 is 1.00 bits per heavy atom. The topological polar surface area (TPSA) is 85.2 Å². The zero-order valence-electron chi connectivity index (χ0n) is 17.8. The zero-order chi connectivity index (χ0) is 23.6. The van der Waals surface area contributed by atoms with Crippen molar-refractivity contribution in [1.82, 2.24) is 4.57 Å². The third-order valence-electron chi connectivity index (χ3n) is 5.31. The van der Waals surface area contributed by atoms with Crippen molar-refractivity contribution in [2.75, 3.05) is 5.32 Å². The van der Waals surface area contributed by atoms with E-state index in [1.54, 1.807) is 54.6 Å². The highest BCUT2D eigenvalue weighted by Gasteiger charge is 2.24. The number of sulfone groups is 1. The number of halogens is 1. The maximum absolute atomic E-state index is 13.3. The molecule has 4 aromatic rings. The summed E-state index contributed by atoms with van der Waals surface area (Å²) in [7, 11) is -4.08. The summed E-state index contributed by atoms with van der Waals surface area (Å²) < 4.78 is 28.1. The lowest BCUT2D eigenvalue weighted by Gasteiger charge is -2.15. The second kappa shape index (κ2) is 9.21. The van der Waals surface area contributed by atoms with Crippen LogP contribution in [0.4, 0.5) is 5.69 Å². The standard InChI is InChI=1S/C25H21ClN2O4S/c1-2-17-8-13-22-21(14-17)25(30)23(33(31,32)20-6-4-3-5-7-20)15-28(22)16-24(29)27-19-11-9-18(26)10-12-19/h3-15H,2,16H2,1H3,(H,27,29). The Balaban J connectivity index is 1.83. The van der Waals surface area contributed by atoms with E-state index < -0.39 is 15.3 Å². The smallest absolute Gasteiger partial charge is 0.244 e. The Labute approximate surface area is 196 Å². The maximum Gasteiger partial charge on any atom is 0.244 e. The highest BCUT2D eigenvalue weighted by Crippen LogP contribution is 2.22. The molecular formula is C25H21ClN2O4S. The quantitative estimate of drug-likeness (QED) is 0.434. The van der Waals surface area contributed by atoms with Gasteiger partial charge >= 0.3 is 0 Å². The molecule has 0 bridgehead atoms. The monoisotopic (exact) mass is 480 g/mol. The van der Waals surface area contributed by atoms with Crippen LogP contribution in [0.15, 0.2) is 93.6 Å². The van der Waals surface area contributed by atoms with Crippen LogP contribution in [0.3, 0.4) is 0 Å². The summed E-state index contributed by atoms with van der Waals surface area (Å²) in [5.41, 5.74) is 1.35. The van der Waals surface area contributed by atoms with Crippen LogP contribution < -0.4 is 10.7 Å². The lowest BCUT2D eigenvalue weighted by Crippen LogP contribution is -2.24. The molecular weight excluding hydrogens is 460 g/mol. The fraction of sp³-hybridized carbons (Fsp3) is 0.120. The molecule has 0 aliphatic carbocycles. The number of benzene rings is 3.